The fourth-order valence-electron chi connectivity index (χ4n) is 4.19. The quantitative estimate of drug-likeness (QED) is 0.369. The molecule has 33 heavy (non-hydrogen) atoms. The van der Waals surface area contributed by atoms with Gasteiger partial charge in [-0.05, 0) is 60.2 Å². The highest BCUT2D eigenvalue weighted by Crippen LogP contribution is 2.34. The van der Waals surface area contributed by atoms with Crippen LogP contribution < -0.4 is 0 Å². The highest BCUT2D eigenvalue weighted by atomic mass is 32.1. The number of rotatable bonds is 5. The Hall–Kier alpha value is -3.88. The van der Waals surface area contributed by atoms with Crippen molar-refractivity contribution in [1.29, 1.82) is 0 Å². The standard InChI is InChI=1S/C25H21N7S/c1-32(2)13-15-5-17(9-26-8-15)18-6-20-24(30-31-25(20)28-10-18)22-7-19-21(16-3-4-33-14-16)11-27-12-23(19)29-22/h3-12,14,29H,13H2,1-2H3,(H,28,30,31). The lowest BCUT2D eigenvalue weighted by molar-refractivity contribution is 0.402. The lowest BCUT2D eigenvalue weighted by Crippen LogP contribution is -2.10. The summed E-state index contributed by atoms with van der Waals surface area (Å²) < 4.78 is 0. The van der Waals surface area contributed by atoms with Gasteiger partial charge in [0.25, 0.3) is 0 Å². The minimum Gasteiger partial charge on any atom is -0.352 e. The fourth-order valence-corrected chi connectivity index (χ4v) is 4.85. The molecule has 0 fully saturated rings. The van der Waals surface area contributed by atoms with E-state index in [1.54, 1.807) is 11.3 Å². The average Bonchev–Trinajstić information content (AvgIpc) is 3.57. The van der Waals surface area contributed by atoms with E-state index in [-0.39, 0.29) is 0 Å². The summed E-state index contributed by atoms with van der Waals surface area (Å²) in [5, 5.41) is 14.0. The van der Waals surface area contributed by atoms with E-state index < -0.39 is 0 Å². The predicted octanol–water partition coefficient (Wildman–Crippen LogP) is 5.35. The van der Waals surface area contributed by atoms with Crippen molar-refractivity contribution in [2.45, 2.75) is 6.54 Å². The molecule has 2 N–H and O–H groups in total. The van der Waals surface area contributed by atoms with Gasteiger partial charge < -0.3 is 9.88 Å². The first-order chi connectivity index (χ1) is 16.2. The van der Waals surface area contributed by atoms with Crippen LogP contribution in [0.1, 0.15) is 5.56 Å². The molecule has 0 aliphatic rings. The fraction of sp³-hybridized carbons (Fsp3) is 0.120. The van der Waals surface area contributed by atoms with Gasteiger partial charge in [0, 0.05) is 58.8 Å². The number of hydrogen-bond acceptors (Lipinski definition) is 6. The van der Waals surface area contributed by atoms with Crippen LogP contribution in [-0.2, 0) is 6.54 Å². The second-order valence-electron chi connectivity index (χ2n) is 8.36. The molecule has 0 radical (unpaired) electrons. The predicted molar refractivity (Wildman–Crippen MR) is 133 cm³/mol. The van der Waals surface area contributed by atoms with E-state index in [0.717, 1.165) is 62.1 Å². The third-order valence-electron chi connectivity index (χ3n) is 5.68. The molecule has 6 aromatic rings. The molecular formula is C25H21N7S. The van der Waals surface area contributed by atoms with Crippen molar-refractivity contribution in [1.82, 2.24) is 35.0 Å². The summed E-state index contributed by atoms with van der Waals surface area (Å²) in [7, 11) is 4.11. The lowest BCUT2D eigenvalue weighted by atomic mass is 10.1. The van der Waals surface area contributed by atoms with Gasteiger partial charge in [-0.2, -0.15) is 16.4 Å². The second-order valence-corrected chi connectivity index (χ2v) is 9.14. The Kier molecular flexibility index (Phi) is 4.74. The first-order valence-electron chi connectivity index (χ1n) is 10.6. The van der Waals surface area contributed by atoms with Crippen LogP contribution in [0.2, 0.25) is 0 Å². The largest absolute Gasteiger partial charge is 0.352 e. The van der Waals surface area contributed by atoms with E-state index in [9.17, 15) is 0 Å². The van der Waals surface area contributed by atoms with Crippen molar-refractivity contribution < 1.29 is 0 Å². The zero-order chi connectivity index (χ0) is 22.4. The lowest BCUT2D eigenvalue weighted by Gasteiger charge is -2.10. The number of aromatic nitrogens is 6. The van der Waals surface area contributed by atoms with E-state index in [0.29, 0.717) is 0 Å². The third-order valence-corrected chi connectivity index (χ3v) is 6.36. The van der Waals surface area contributed by atoms with Crippen LogP contribution in [0.3, 0.4) is 0 Å². The van der Waals surface area contributed by atoms with Gasteiger partial charge in [0.2, 0.25) is 0 Å². The third kappa shape index (κ3) is 3.59. The molecule has 0 aromatic carbocycles. The van der Waals surface area contributed by atoms with E-state index in [1.165, 1.54) is 5.56 Å². The number of fused-ring (bicyclic) bond motifs is 2. The van der Waals surface area contributed by atoms with Crippen molar-refractivity contribution in [2.24, 2.45) is 0 Å². The van der Waals surface area contributed by atoms with Crippen LogP contribution in [0.5, 0.6) is 0 Å². The van der Waals surface area contributed by atoms with Gasteiger partial charge in [0.1, 0.15) is 5.69 Å². The van der Waals surface area contributed by atoms with Crippen LogP contribution in [0.15, 0.2) is 66.0 Å². The van der Waals surface area contributed by atoms with Crippen LogP contribution in [0.25, 0.3) is 55.6 Å². The number of aromatic amines is 2. The Labute approximate surface area is 194 Å². The van der Waals surface area contributed by atoms with Crippen molar-refractivity contribution in [3.05, 3.63) is 71.6 Å². The Bertz CT molecular complexity index is 1580. The number of pyridine rings is 3. The smallest absolute Gasteiger partial charge is 0.155 e. The van der Waals surface area contributed by atoms with Gasteiger partial charge in [-0.1, -0.05) is 0 Å². The number of nitrogens with one attached hydrogen (secondary N) is 2. The first-order valence-corrected chi connectivity index (χ1v) is 11.5. The summed E-state index contributed by atoms with van der Waals surface area (Å²) in [5.41, 5.74) is 8.99. The molecule has 0 atom stereocenters. The van der Waals surface area contributed by atoms with Crippen LogP contribution in [-0.4, -0.2) is 49.1 Å². The summed E-state index contributed by atoms with van der Waals surface area (Å²) in [5.74, 6) is 0. The minimum absolute atomic E-state index is 0.751. The van der Waals surface area contributed by atoms with Crippen molar-refractivity contribution in [3.63, 3.8) is 0 Å². The Morgan fingerprint density at radius 3 is 2.64 bits per heavy atom. The molecule has 6 rings (SSSR count). The Morgan fingerprint density at radius 1 is 0.909 bits per heavy atom. The molecule has 0 spiro atoms. The molecule has 8 heteroatoms. The number of hydrogen-bond donors (Lipinski definition) is 2. The minimum atomic E-state index is 0.751. The summed E-state index contributed by atoms with van der Waals surface area (Å²) in [6, 6.07) is 8.55. The molecule has 162 valence electrons. The van der Waals surface area contributed by atoms with Crippen LogP contribution in [0, 0.1) is 0 Å². The van der Waals surface area contributed by atoms with Gasteiger partial charge in [0.15, 0.2) is 5.65 Å². The topological polar surface area (TPSA) is 86.4 Å². The maximum atomic E-state index is 4.63. The molecular weight excluding hydrogens is 430 g/mol. The average molecular weight is 452 g/mol. The Balaban J connectivity index is 1.45. The van der Waals surface area contributed by atoms with Gasteiger partial charge >= 0.3 is 0 Å². The molecule has 0 saturated heterocycles. The van der Waals surface area contributed by atoms with E-state index in [1.807, 2.05) is 31.0 Å². The second kappa shape index (κ2) is 7.91. The Morgan fingerprint density at radius 2 is 1.79 bits per heavy atom. The van der Waals surface area contributed by atoms with Gasteiger partial charge in [0.05, 0.1) is 17.4 Å². The van der Waals surface area contributed by atoms with Crippen molar-refractivity contribution >= 4 is 33.3 Å². The normalized spacial score (nSPS) is 11.7. The number of H-pyrrole nitrogens is 2. The molecule has 6 aromatic heterocycles. The molecule has 0 aliphatic heterocycles. The summed E-state index contributed by atoms with van der Waals surface area (Å²) >= 11 is 1.68. The molecule has 0 aliphatic carbocycles. The zero-order valence-corrected chi connectivity index (χ0v) is 19.0. The SMILES string of the molecule is CN(C)Cc1cncc(-c2cnc3[nH]nc(-c4cc5c(-c6ccsc6)cncc5[nH]4)c3c2)c1. The van der Waals surface area contributed by atoms with Crippen LogP contribution >= 0.6 is 11.3 Å². The summed E-state index contributed by atoms with van der Waals surface area (Å²) in [6.07, 6.45) is 9.42. The van der Waals surface area contributed by atoms with E-state index >= 15 is 0 Å². The van der Waals surface area contributed by atoms with Gasteiger partial charge in [-0.3, -0.25) is 15.1 Å². The van der Waals surface area contributed by atoms with E-state index in [2.05, 4.69) is 84.2 Å². The number of nitrogens with zero attached hydrogens (tertiary/aromatic N) is 5. The first kappa shape index (κ1) is 19.8. The monoisotopic (exact) mass is 451 g/mol. The van der Waals surface area contributed by atoms with Gasteiger partial charge in [-0.15, -0.1) is 0 Å². The molecule has 0 saturated carbocycles. The summed E-state index contributed by atoms with van der Waals surface area (Å²) in [4.78, 5) is 19.1. The molecule has 0 unspecified atom stereocenters. The van der Waals surface area contributed by atoms with Crippen molar-refractivity contribution in [2.75, 3.05) is 14.1 Å². The molecule has 7 nitrogen and oxygen atoms in total. The highest BCUT2D eigenvalue weighted by Gasteiger charge is 2.15. The van der Waals surface area contributed by atoms with Gasteiger partial charge in [-0.25, -0.2) is 4.98 Å². The van der Waals surface area contributed by atoms with Crippen molar-refractivity contribution in [3.8, 4) is 33.6 Å². The van der Waals surface area contributed by atoms with Crippen LogP contribution in [0.4, 0.5) is 0 Å². The maximum Gasteiger partial charge on any atom is 0.155 e. The highest BCUT2D eigenvalue weighted by molar-refractivity contribution is 7.08. The van der Waals surface area contributed by atoms with E-state index in [4.69, 9.17) is 0 Å². The maximum absolute atomic E-state index is 4.63. The zero-order valence-electron chi connectivity index (χ0n) is 18.2. The molecule has 0 bridgehead atoms. The summed E-state index contributed by atoms with van der Waals surface area (Å²) in [6.45, 7) is 0.836. The molecule has 0 amide bonds. The molecule has 6 heterocycles. The number of thiophene rings is 1.